The van der Waals surface area contributed by atoms with Crippen LogP contribution in [-0.2, 0) is 0 Å². The Hall–Kier alpha value is -2.26. The van der Waals surface area contributed by atoms with E-state index in [-0.39, 0.29) is 11.6 Å². The lowest BCUT2D eigenvalue weighted by molar-refractivity contribution is 0.600. The fourth-order valence-corrected chi connectivity index (χ4v) is 2.45. The lowest BCUT2D eigenvalue weighted by atomic mass is 9.94. The Balaban J connectivity index is 2.20. The Labute approximate surface area is 115 Å². The van der Waals surface area contributed by atoms with E-state index in [0.29, 0.717) is 21.9 Å². The molecule has 3 aromatic rings. The fraction of sp³-hybridized carbons (Fsp3) is 0.0588. The van der Waals surface area contributed by atoms with Gasteiger partial charge in [-0.05, 0) is 23.1 Å². The quantitative estimate of drug-likeness (QED) is 0.742. The Morgan fingerprint density at radius 3 is 2.05 bits per heavy atom. The van der Waals surface area contributed by atoms with Gasteiger partial charge in [0.25, 0.3) is 0 Å². The summed E-state index contributed by atoms with van der Waals surface area (Å²) in [7, 11) is 0. The summed E-state index contributed by atoms with van der Waals surface area (Å²) in [6, 6.07) is 15.8. The molecule has 0 spiro atoms. The van der Waals surface area contributed by atoms with Crippen LogP contribution in [0, 0.1) is 11.6 Å². The number of benzene rings is 3. The van der Waals surface area contributed by atoms with Gasteiger partial charge in [0.15, 0.2) is 0 Å². The minimum Gasteiger partial charge on any atom is -0.320 e. The molecule has 0 aliphatic heterocycles. The van der Waals surface area contributed by atoms with E-state index >= 15 is 0 Å². The van der Waals surface area contributed by atoms with Crippen molar-refractivity contribution in [2.24, 2.45) is 5.73 Å². The van der Waals surface area contributed by atoms with Crippen LogP contribution in [0.25, 0.3) is 10.8 Å². The summed E-state index contributed by atoms with van der Waals surface area (Å²) in [6.45, 7) is 0. The van der Waals surface area contributed by atoms with Gasteiger partial charge >= 0.3 is 0 Å². The third-order valence-electron chi connectivity index (χ3n) is 3.48. The molecule has 3 aromatic carbocycles. The summed E-state index contributed by atoms with van der Waals surface area (Å²) in [4.78, 5) is 0. The van der Waals surface area contributed by atoms with Gasteiger partial charge in [0.1, 0.15) is 11.6 Å². The normalized spacial score (nSPS) is 12.6. The van der Waals surface area contributed by atoms with Crippen LogP contribution in [0.5, 0.6) is 0 Å². The van der Waals surface area contributed by atoms with Crippen molar-refractivity contribution in [1.29, 1.82) is 0 Å². The van der Waals surface area contributed by atoms with Crippen molar-refractivity contribution in [3.05, 3.63) is 83.4 Å². The third-order valence-corrected chi connectivity index (χ3v) is 3.48. The van der Waals surface area contributed by atoms with Crippen LogP contribution >= 0.6 is 0 Å². The van der Waals surface area contributed by atoms with Crippen LogP contribution < -0.4 is 5.73 Å². The van der Waals surface area contributed by atoms with Crippen molar-refractivity contribution in [3.63, 3.8) is 0 Å². The maximum atomic E-state index is 13.9. The van der Waals surface area contributed by atoms with Gasteiger partial charge in [-0.15, -0.1) is 0 Å². The number of rotatable bonds is 2. The van der Waals surface area contributed by atoms with E-state index in [0.717, 1.165) is 0 Å². The third kappa shape index (κ3) is 2.06. The van der Waals surface area contributed by atoms with E-state index in [1.165, 1.54) is 12.1 Å². The van der Waals surface area contributed by atoms with Crippen molar-refractivity contribution in [1.82, 2.24) is 0 Å². The number of fused-ring (bicyclic) bond motifs is 1. The van der Waals surface area contributed by atoms with E-state index in [9.17, 15) is 8.78 Å². The topological polar surface area (TPSA) is 26.0 Å². The van der Waals surface area contributed by atoms with Gasteiger partial charge in [-0.1, -0.05) is 48.5 Å². The highest BCUT2D eigenvalue weighted by molar-refractivity contribution is 5.87. The first-order valence-electron chi connectivity index (χ1n) is 6.35. The molecule has 0 amide bonds. The molecular formula is C17H13F2N. The molecule has 0 saturated carbocycles. The Morgan fingerprint density at radius 1 is 0.650 bits per heavy atom. The lowest BCUT2D eigenvalue weighted by Gasteiger charge is -2.16. The summed E-state index contributed by atoms with van der Waals surface area (Å²) in [6.07, 6.45) is 0. The van der Waals surface area contributed by atoms with Crippen molar-refractivity contribution in [2.75, 3.05) is 0 Å². The monoisotopic (exact) mass is 269 g/mol. The summed E-state index contributed by atoms with van der Waals surface area (Å²) >= 11 is 0. The molecule has 0 aliphatic carbocycles. The van der Waals surface area contributed by atoms with Crippen molar-refractivity contribution in [3.8, 4) is 0 Å². The van der Waals surface area contributed by atoms with Gasteiger partial charge in [-0.2, -0.15) is 0 Å². The molecule has 100 valence electrons. The summed E-state index contributed by atoms with van der Waals surface area (Å²) < 4.78 is 27.6. The molecule has 0 heterocycles. The van der Waals surface area contributed by atoms with Gasteiger partial charge in [0.05, 0.1) is 6.04 Å². The van der Waals surface area contributed by atoms with Gasteiger partial charge < -0.3 is 5.73 Å². The van der Waals surface area contributed by atoms with E-state index in [2.05, 4.69) is 0 Å². The molecule has 20 heavy (non-hydrogen) atoms. The molecule has 0 aromatic heterocycles. The van der Waals surface area contributed by atoms with Gasteiger partial charge in [-0.25, -0.2) is 8.78 Å². The molecule has 2 N–H and O–H groups in total. The number of halogens is 2. The van der Waals surface area contributed by atoms with E-state index < -0.39 is 6.04 Å². The molecule has 0 saturated heterocycles. The van der Waals surface area contributed by atoms with Crippen LogP contribution in [0.3, 0.4) is 0 Å². The predicted molar refractivity (Wildman–Crippen MR) is 76.3 cm³/mol. The van der Waals surface area contributed by atoms with Gasteiger partial charge in [-0.3, -0.25) is 0 Å². The first-order valence-corrected chi connectivity index (χ1v) is 6.35. The van der Waals surface area contributed by atoms with Crippen LogP contribution in [0.15, 0.2) is 60.7 Å². The van der Waals surface area contributed by atoms with Crippen LogP contribution in [0.2, 0.25) is 0 Å². The number of nitrogens with two attached hydrogens (primary N) is 1. The van der Waals surface area contributed by atoms with E-state index in [1.54, 1.807) is 42.5 Å². The molecule has 3 heteroatoms. The first kappa shape index (κ1) is 12.8. The largest absolute Gasteiger partial charge is 0.320 e. The highest BCUT2D eigenvalue weighted by atomic mass is 19.1. The van der Waals surface area contributed by atoms with E-state index in [4.69, 9.17) is 5.73 Å². The molecule has 1 atom stereocenters. The smallest absolute Gasteiger partial charge is 0.131 e. The van der Waals surface area contributed by atoms with Crippen molar-refractivity contribution in [2.45, 2.75) is 6.04 Å². The number of hydrogen-bond donors (Lipinski definition) is 1. The SMILES string of the molecule is NC(c1ccccc1F)c1ccc(F)c2ccccc12. The molecule has 0 aliphatic rings. The number of hydrogen-bond acceptors (Lipinski definition) is 1. The summed E-state index contributed by atoms with van der Waals surface area (Å²) in [5, 5.41) is 1.21. The Bertz CT molecular complexity index is 768. The summed E-state index contributed by atoms with van der Waals surface area (Å²) in [5.74, 6) is -0.654. The minimum absolute atomic E-state index is 0.301. The molecule has 0 radical (unpaired) electrons. The van der Waals surface area contributed by atoms with Crippen LogP contribution in [0.1, 0.15) is 17.2 Å². The molecule has 0 fully saturated rings. The molecule has 1 nitrogen and oxygen atoms in total. The maximum absolute atomic E-state index is 13.9. The lowest BCUT2D eigenvalue weighted by Crippen LogP contribution is -2.14. The first-order chi connectivity index (χ1) is 9.68. The highest BCUT2D eigenvalue weighted by Crippen LogP contribution is 2.29. The molecule has 3 rings (SSSR count). The Kier molecular flexibility index (Phi) is 3.20. The Morgan fingerprint density at radius 2 is 1.30 bits per heavy atom. The molecule has 0 bridgehead atoms. The molecule has 1 unspecified atom stereocenters. The van der Waals surface area contributed by atoms with Crippen molar-refractivity contribution >= 4 is 10.8 Å². The standard InChI is InChI=1S/C17H13F2N/c18-15-8-4-3-7-14(15)17(20)13-9-10-16(19)12-6-2-1-5-11(12)13/h1-10,17H,20H2. The van der Waals surface area contributed by atoms with Gasteiger partial charge in [0, 0.05) is 10.9 Å². The average Bonchev–Trinajstić information content (AvgIpc) is 2.48. The summed E-state index contributed by atoms with van der Waals surface area (Å²) in [5.41, 5.74) is 7.29. The minimum atomic E-state index is -0.623. The second kappa shape index (κ2) is 5.02. The zero-order valence-corrected chi connectivity index (χ0v) is 10.7. The van der Waals surface area contributed by atoms with Crippen LogP contribution in [-0.4, -0.2) is 0 Å². The van der Waals surface area contributed by atoms with E-state index in [1.807, 2.05) is 6.07 Å². The molecular weight excluding hydrogens is 256 g/mol. The average molecular weight is 269 g/mol. The van der Waals surface area contributed by atoms with Crippen LogP contribution in [0.4, 0.5) is 8.78 Å². The second-order valence-electron chi connectivity index (χ2n) is 4.68. The fourth-order valence-electron chi connectivity index (χ4n) is 2.45. The maximum Gasteiger partial charge on any atom is 0.131 e. The van der Waals surface area contributed by atoms with Crippen molar-refractivity contribution < 1.29 is 8.78 Å². The highest BCUT2D eigenvalue weighted by Gasteiger charge is 2.16. The zero-order chi connectivity index (χ0) is 14.1. The van der Waals surface area contributed by atoms with Gasteiger partial charge in [0.2, 0.25) is 0 Å². The zero-order valence-electron chi connectivity index (χ0n) is 10.7. The predicted octanol–water partition coefficient (Wildman–Crippen LogP) is 4.17. The second-order valence-corrected chi connectivity index (χ2v) is 4.68.